The summed E-state index contributed by atoms with van der Waals surface area (Å²) in [6.45, 7) is -0.0731. The van der Waals surface area contributed by atoms with Gasteiger partial charge >= 0.3 is 0 Å². The minimum Gasteiger partial charge on any atom is -0.493 e. The number of nitriles is 1. The number of nitrogens with one attached hydrogen (secondary N) is 1. The summed E-state index contributed by atoms with van der Waals surface area (Å²) in [7, 11) is 1.50. The summed E-state index contributed by atoms with van der Waals surface area (Å²) in [5.41, 5.74) is 1.43. The van der Waals surface area contributed by atoms with Crippen LogP contribution in [0.4, 0.5) is 5.13 Å². The zero-order valence-corrected chi connectivity index (χ0v) is 15.6. The number of carbonyl (C=O) groups is 1. The molecule has 0 aliphatic rings. The van der Waals surface area contributed by atoms with E-state index in [9.17, 15) is 4.79 Å². The number of nitrogens with zero attached hydrogens (tertiary/aromatic N) is 4. The van der Waals surface area contributed by atoms with Crippen molar-refractivity contribution in [1.82, 2.24) is 15.2 Å². The third kappa shape index (κ3) is 4.90. The molecule has 0 bridgehead atoms. The van der Waals surface area contributed by atoms with E-state index in [2.05, 4.69) is 20.5 Å². The molecule has 0 aliphatic carbocycles. The van der Waals surface area contributed by atoms with E-state index in [-0.39, 0.29) is 12.5 Å². The van der Waals surface area contributed by atoms with Gasteiger partial charge in [-0.25, -0.2) is 0 Å². The number of carbonyl (C=O) groups excluding carboxylic acids is 1. The van der Waals surface area contributed by atoms with Crippen molar-refractivity contribution < 1.29 is 14.3 Å². The van der Waals surface area contributed by atoms with Crippen molar-refractivity contribution in [2.75, 3.05) is 19.0 Å². The van der Waals surface area contributed by atoms with Crippen molar-refractivity contribution in [3.63, 3.8) is 0 Å². The molecule has 0 saturated heterocycles. The van der Waals surface area contributed by atoms with Crippen molar-refractivity contribution in [2.45, 2.75) is 0 Å². The van der Waals surface area contributed by atoms with E-state index >= 15 is 0 Å². The number of methoxy groups -OCH3 is 1. The van der Waals surface area contributed by atoms with Crippen molar-refractivity contribution in [3.05, 3.63) is 54.2 Å². The fraction of sp³-hybridized carbons (Fsp3) is 0.105. The van der Waals surface area contributed by atoms with Crippen LogP contribution in [0.2, 0.25) is 0 Å². The van der Waals surface area contributed by atoms with Crippen LogP contribution in [0.1, 0.15) is 5.56 Å². The van der Waals surface area contributed by atoms with Crippen LogP contribution in [0.15, 0.2) is 48.7 Å². The number of rotatable bonds is 7. The molecule has 2 heterocycles. The highest BCUT2D eigenvalue weighted by molar-refractivity contribution is 7.18. The van der Waals surface area contributed by atoms with Crippen molar-refractivity contribution in [1.29, 1.82) is 5.26 Å². The lowest BCUT2D eigenvalue weighted by Crippen LogP contribution is -2.07. The summed E-state index contributed by atoms with van der Waals surface area (Å²) in [6.07, 6.45) is 4.68. The van der Waals surface area contributed by atoms with Gasteiger partial charge in [0.15, 0.2) is 23.1 Å². The van der Waals surface area contributed by atoms with Gasteiger partial charge in [-0.05, 0) is 35.9 Å². The molecular formula is C19H15N5O3S. The molecule has 1 amide bonds. The quantitative estimate of drug-likeness (QED) is 0.614. The highest BCUT2D eigenvalue weighted by atomic mass is 32.1. The third-order valence-electron chi connectivity index (χ3n) is 3.45. The molecule has 3 rings (SSSR count). The first-order valence-corrected chi connectivity index (χ1v) is 8.93. The van der Waals surface area contributed by atoms with Gasteiger partial charge in [-0.2, -0.15) is 5.26 Å². The maximum Gasteiger partial charge on any atom is 0.250 e. The van der Waals surface area contributed by atoms with Crippen LogP contribution < -0.4 is 14.8 Å². The number of anilines is 1. The average molecular weight is 393 g/mol. The second kappa shape index (κ2) is 9.25. The minimum atomic E-state index is -0.340. The molecule has 0 unspecified atom stereocenters. The molecule has 140 valence electrons. The van der Waals surface area contributed by atoms with E-state index in [1.165, 1.54) is 24.5 Å². The monoisotopic (exact) mass is 393 g/mol. The Morgan fingerprint density at radius 2 is 2.18 bits per heavy atom. The molecule has 3 aromatic rings. The van der Waals surface area contributed by atoms with Gasteiger partial charge in [0, 0.05) is 12.3 Å². The lowest BCUT2D eigenvalue weighted by Gasteiger charge is -2.08. The lowest BCUT2D eigenvalue weighted by molar-refractivity contribution is -0.111. The molecule has 9 heteroatoms. The predicted molar refractivity (Wildman–Crippen MR) is 105 cm³/mol. The zero-order chi connectivity index (χ0) is 19.8. The Morgan fingerprint density at radius 3 is 2.93 bits per heavy atom. The molecule has 0 atom stereocenters. The molecular weight excluding hydrogens is 378 g/mol. The van der Waals surface area contributed by atoms with Gasteiger partial charge in [0.1, 0.15) is 11.8 Å². The van der Waals surface area contributed by atoms with Gasteiger partial charge in [0.2, 0.25) is 11.0 Å². The van der Waals surface area contributed by atoms with Gasteiger partial charge in [0.25, 0.3) is 0 Å². The van der Waals surface area contributed by atoms with Gasteiger partial charge in [0.05, 0.1) is 7.11 Å². The maximum absolute atomic E-state index is 12.1. The fourth-order valence-corrected chi connectivity index (χ4v) is 2.93. The van der Waals surface area contributed by atoms with Crippen LogP contribution in [-0.4, -0.2) is 34.8 Å². The van der Waals surface area contributed by atoms with E-state index < -0.39 is 0 Å². The lowest BCUT2D eigenvalue weighted by atomic mass is 10.2. The van der Waals surface area contributed by atoms with Crippen molar-refractivity contribution in [2.24, 2.45) is 0 Å². The van der Waals surface area contributed by atoms with Gasteiger partial charge in [-0.15, -0.1) is 10.2 Å². The number of benzene rings is 1. The van der Waals surface area contributed by atoms with E-state index in [1.54, 1.807) is 30.5 Å². The Hall–Kier alpha value is -3.77. The summed E-state index contributed by atoms with van der Waals surface area (Å²) in [4.78, 5) is 16.3. The SMILES string of the molecule is COc1cc(/C=C/C(=O)Nc2nnc(-c3ccccn3)s2)ccc1OCC#N. The van der Waals surface area contributed by atoms with Crippen LogP contribution >= 0.6 is 11.3 Å². The number of ether oxygens (including phenoxy) is 2. The number of pyridine rings is 1. The molecule has 8 nitrogen and oxygen atoms in total. The highest BCUT2D eigenvalue weighted by Gasteiger charge is 2.09. The molecule has 0 fully saturated rings. The molecule has 0 radical (unpaired) electrons. The maximum atomic E-state index is 12.1. The number of hydrogen-bond acceptors (Lipinski definition) is 8. The second-order valence-electron chi connectivity index (χ2n) is 5.31. The third-order valence-corrected chi connectivity index (χ3v) is 4.31. The van der Waals surface area contributed by atoms with Crippen LogP contribution in [0, 0.1) is 11.3 Å². The van der Waals surface area contributed by atoms with E-state index in [1.807, 2.05) is 24.3 Å². The van der Waals surface area contributed by atoms with Crippen LogP contribution in [-0.2, 0) is 4.79 Å². The fourth-order valence-electron chi connectivity index (χ4n) is 2.20. The minimum absolute atomic E-state index is 0.0731. The summed E-state index contributed by atoms with van der Waals surface area (Å²) < 4.78 is 10.5. The van der Waals surface area contributed by atoms with Gasteiger partial charge < -0.3 is 9.47 Å². The van der Waals surface area contributed by atoms with Crippen LogP contribution in [0.3, 0.4) is 0 Å². The summed E-state index contributed by atoms with van der Waals surface area (Å²) in [5, 5.41) is 20.3. The summed E-state index contributed by atoms with van der Waals surface area (Å²) in [5.74, 6) is 0.594. The molecule has 1 aromatic carbocycles. The van der Waals surface area contributed by atoms with Crippen molar-refractivity contribution >= 4 is 28.5 Å². The Labute approximate surface area is 165 Å². The van der Waals surface area contributed by atoms with Crippen LogP contribution in [0.25, 0.3) is 16.8 Å². The average Bonchev–Trinajstić information content (AvgIpc) is 3.20. The van der Waals surface area contributed by atoms with E-state index in [0.717, 1.165) is 5.56 Å². The predicted octanol–water partition coefficient (Wildman–Crippen LogP) is 3.16. The second-order valence-corrected chi connectivity index (χ2v) is 6.28. The Bertz CT molecular complexity index is 1030. The zero-order valence-electron chi connectivity index (χ0n) is 14.8. The highest BCUT2D eigenvalue weighted by Crippen LogP contribution is 2.28. The molecule has 0 saturated carbocycles. The topological polar surface area (TPSA) is 110 Å². The largest absolute Gasteiger partial charge is 0.493 e. The number of aromatic nitrogens is 3. The molecule has 0 spiro atoms. The molecule has 0 aliphatic heterocycles. The smallest absolute Gasteiger partial charge is 0.250 e. The Balaban J connectivity index is 1.64. The van der Waals surface area contributed by atoms with E-state index in [0.29, 0.717) is 27.3 Å². The number of hydrogen-bond donors (Lipinski definition) is 1. The normalized spacial score (nSPS) is 10.4. The Morgan fingerprint density at radius 1 is 1.29 bits per heavy atom. The van der Waals surface area contributed by atoms with Crippen LogP contribution in [0.5, 0.6) is 11.5 Å². The van der Waals surface area contributed by atoms with Crippen molar-refractivity contribution in [3.8, 4) is 28.3 Å². The first kappa shape index (κ1) is 19.0. The first-order chi connectivity index (χ1) is 13.7. The molecule has 2 aromatic heterocycles. The molecule has 1 N–H and O–H groups in total. The standard InChI is InChI=1S/C19H15N5O3S/c1-26-16-12-13(5-7-15(16)27-11-9-20)6-8-17(25)22-19-24-23-18(28-19)14-4-2-3-10-21-14/h2-8,10,12H,11H2,1H3,(H,22,24,25)/b8-6+. The molecule has 28 heavy (non-hydrogen) atoms. The van der Waals surface area contributed by atoms with Gasteiger partial charge in [-0.1, -0.05) is 23.5 Å². The summed E-state index contributed by atoms with van der Waals surface area (Å²) in [6, 6.07) is 12.5. The van der Waals surface area contributed by atoms with Gasteiger partial charge in [-0.3, -0.25) is 15.1 Å². The summed E-state index contributed by atoms with van der Waals surface area (Å²) >= 11 is 1.24. The number of amides is 1. The first-order valence-electron chi connectivity index (χ1n) is 8.11. The van der Waals surface area contributed by atoms with E-state index in [4.69, 9.17) is 14.7 Å². The Kier molecular flexibility index (Phi) is 6.28.